The number of piperazine rings is 1. The van der Waals surface area contributed by atoms with Gasteiger partial charge in [-0.15, -0.1) is 0 Å². The molecular formula is C43H47N7O6. The number of carbonyl (C=O) groups is 4. The molecule has 13 heteroatoms. The number of nitrogens with zero attached hydrogens (tertiary/aromatic N) is 5. The number of rotatable bonds is 11. The Hall–Kier alpha value is -5.87. The molecule has 0 spiro atoms. The first kappa shape index (κ1) is 37.1. The number of carbonyl (C=O) groups excluding carboxylic acids is 4. The number of fused-ring (bicyclic) bond motifs is 2. The number of methoxy groups -OCH3 is 1. The molecule has 4 aromatic rings. The van der Waals surface area contributed by atoms with E-state index in [0.717, 1.165) is 104 Å². The number of H-pyrrole nitrogens is 1. The Labute approximate surface area is 326 Å². The van der Waals surface area contributed by atoms with Crippen molar-refractivity contribution in [2.24, 2.45) is 0 Å². The van der Waals surface area contributed by atoms with Gasteiger partial charge >= 0.3 is 0 Å². The lowest BCUT2D eigenvalue weighted by Crippen LogP contribution is -2.54. The fourth-order valence-electron chi connectivity index (χ4n) is 8.79. The highest BCUT2D eigenvalue weighted by Crippen LogP contribution is 2.38. The average Bonchev–Trinajstić information content (AvgIpc) is 3.77. The summed E-state index contributed by atoms with van der Waals surface area (Å²) in [5.74, 6) is -0.447. The first-order chi connectivity index (χ1) is 27.2. The second-order valence-corrected chi connectivity index (χ2v) is 15.2. The molecule has 1 unspecified atom stereocenters. The van der Waals surface area contributed by atoms with Crippen LogP contribution in [0.1, 0.15) is 81.8 Å². The zero-order chi connectivity index (χ0) is 38.9. The van der Waals surface area contributed by atoms with E-state index in [1.807, 2.05) is 6.20 Å². The third kappa shape index (κ3) is 7.05. The molecule has 5 heterocycles. The number of piperidine rings is 2. The fourth-order valence-corrected chi connectivity index (χ4v) is 8.79. The van der Waals surface area contributed by atoms with Gasteiger partial charge < -0.3 is 24.3 Å². The number of nitriles is 1. The van der Waals surface area contributed by atoms with Crippen molar-refractivity contribution in [2.75, 3.05) is 69.3 Å². The predicted octanol–water partition coefficient (Wildman–Crippen LogP) is 5.12. The van der Waals surface area contributed by atoms with E-state index in [1.54, 1.807) is 12.1 Å². The van der Waals surface area contributed by atoms with Gasteiger partial charge in [0.1, 0.15) is 23.6 Å². The number of benzene rings is 3. The molecule has 4 aliphatic heterocycles. The van der Waals surface area contributed by atoms with Gasteiger partial charge in [0, 0.05) is 69.0 Å². The maximum atomic E-state index is 13.5. The summed E-state index contributed by atoms with van der Waals surface area (Å²) in [5.41, 5.74) is 6.59. The fraction of sp³-hybridized carbons (Fsp3) is 0.419. The van der Waals surface area contributed by atoms with Crippen LogP contribution in [-0.4, -0.2) is 104 Å². The number of imide groups is 2. The van der Waals surface area contributed by atoms with Crippen molar-refractivity contribution in [1.29, 1.82) is 5.26 Å². The van der Waals surface area contributed by atoms with Crippen LogP contribution in [0.5, 0.6) is 11.5 Å². The van der Waals surface area contributed by atoms with Crippen LogP contribution in [0.2, 0.25) is 0 Å². The molecule has 4 aliphatic rings. The van der Waals surface area contributed by atoms with Crippen LogP contribution in [0, 0.1) is 18.3 Å². The summed E-state index contributed by atoms with van der Waals surface area (Å²) in [6, 6.07) is 17.7. The lowest BCUT2D eigenvalue weighted by atomic mass is 9.89. The molecule has 0 bridgehead atoms. The van der Waals surface area contributed by atoms with Crippen LogP contribution in [0.4, 0.5) is 11.4 Å². The average molecular weight is 758 g/mol. The summed E-state index contributed by atoms with van der Waals surface area (Å²) in [5, 5.41) is 12.8. The van der Waals surface area contributed by atoms with Crippen molar-refractivity contribution in [1.82, 2.24) is 20.1 Å². The highest BCUT2D eigenvalue weighted by atomic mass is 16.5. The third-order valence-corrected chi connectivity index (χ3v) is 11.9. The molecule has 8 rings (SSSR count). The summed E-state index contributed by atoms with van der Waals surface area (Å²) >= 11 is 0. The lowest BCUT2D eigenvalue weighted by Gasteiger charge is -2.36. The summed E-state index contributed by atoms with van der Waals surface area (Å²) < 4.78 is 11.7. The first-order valence-corrected chi connectivity index (χ1v) is 19.6. The summed E-state index contributed by atoms with van der Waals surface area (Å²) in [6.45, 7) is 8.86. The Morgan fingerprint density at radius 1 is 0.875 bits per heavy atom. The van der Waals surface area contributed by atoms with Gasteiger partial charge in [0.2, 0.25) is 11.8 Å². The molecule has 0 aliphatic carbocycles. The van der Waals surface area contributed by atoms with Crippen molar-refractivity contribution >= 4 is 45.9 Å². The normalized spacial score (nSPS) is 19.4. The van der Waals surface area contributed by atoms with Gasteiger partial charge in [0.05, 0.1) is 41.6 Å². The van der Waals surface area contributed by atoms with E-state index in [0.29, 0.717) is 23.8 Å². The quantitative estimate of drug-likeness (QED) is 0.156. The van der Waals surface area contributed by atoms with Gasteiger partial charge in [-0.2, -0.15) is 5.26 Å². The third-order valence-electron chi connectivity index (χ3n) is 11.9. The second-order valence-electron chi connectivity index (χ2n) is 15.2. The smallest absolute Gasteiger partial charge is 0.266 e. The summed E-state index contributed by atoms with van der Waals surface area (Å²) in [6.07, 6.45) is 6.10. The van der Waals surface area contributed by atoms with Crippen molar-refractivity contribution in [3.05, 3.63) is 82.5 Å². The number of aromatic nitrogens is 1. The SMILES string of the molecule is COc1cc(N2CCN(CCCCOc3ccc(C4CCN(c5ccc(C)c6c(C#N)c[nH]c56)CC4)cc3)CC2)cc2c1C(=O)N(C1CCC(=O)NC1=O)C2=O. The maximum absolute atomic E-state index is 13.5. The number of unbranched alkanes of at least 4 members (excludes halogenated alkanes) is 1. The van der Waals surface area contributed by atoms with Crippen molar-refractivity contribution in [3.8, 4) is 17.6 Å². The van der Waals surface area contributed by atoms with Crippen molar-refractivity contribution in [3.63, 3.8) is 0 Å². The van der Waals surface area contributed by atoms with Crippen LogP contribution in [-0.2, 0) is 9.59 Å². The highest BCUT2D eigenvalue weighted by Gasteiger charge is 2.46. The number of amides is 4. The monoisotopic (exact) mass is 757 g/mol. The van der Waals surface area contributed by atoms with E-state index in [4.69, 9.17) is 9.47 Å². The highest BCUT2D eigenvalue weighted by molar-refractivity contribution is 6.25. The van der Waals surface area contributed by atoms with Gasteiger partial charge in [0.25, 0.3) is 11.8 Å². The molecule has 13 nitrogen and oxygen atoms in total. The summed E-state index contributed by atoms with van der Waals surface area (Å²) in [4.78, 5) is 62.4. The van der Waals surface area contributed by atoms with Gasteiger partial charge in [-0.25, -0.2) is 0 Å². The lowest BCUT2D eigenvalue weighted by molar-refractivity contribution is -0.136. The van der Waals surface area contributed by atoms with E-state index in [2.05, 4.69) is 74.4 Å². The van der Waals surface area contributed by atoms with E-state index < -0.39 is 29.7 Å². The number of hydrogen-bond acceptors (Lipinski definition) is 10. The molecular weight excluding hydrogens is 711 g/mol. The van der Waals surface area contributed by atoms with E-state index >= 15 is 0 Å². The Balaban J connectivity index is 0.769. The molecule has 3 fully saturated rings. The molecule has 56 heavy (non-hydrogen) atoms. The molecule has 290 valence electrons. The zero-order valence-electron chi connectivity index (χ0n) is 31.9. The largest absolute Gasteiger partial charge is 0.496 e. The Kier molecular flexibility index (Phi) is 10.4. The minimum absolute atomic E-state index is 0.0696. The number of hydrogen-bond donors (Lipinski definition) is 2. The molecule has 1 aromatic heterocycles. The van der Waals surface area contributed by atoms with Gasteiger partial charge in [-0.1, -0.05) is 18.2 Å². The zero-order valence-corrected chi connectivity index (χ0v) is 31.9. The molecule has 0 saturated carbocycles. The van der Waals surface area contributed by atoms with Crippen LogP contribution >= 0.6 is 0 Å². The van der Waals surface area contributed by atoms with Crippen LogP contribution in [0.15, 0.2) is 54.7 Å². The molecule has 2 N–H and O–H groups in total. The number of aryl methyl sites for hydroxylation is 1. The number of aromatic amines is 1. The van der Waals surface area contributed by atoms with Gasteiger partial charge in [-0.3, -0.25) is 34.3 Å². The topological polar surface area (TPSA) is 151 Å². The Bertz CT molecular complexity index is 2210. The molecule has 1 atom stereocenters. The standard InChI is InChI=1S/C43H47N7O6/c1-27-5-10-34(40-38(27)30(25-44)26-45-40)49-16-13-29(14-17-49)28-6-8-32(9-7-28)56-22-4-3-15-47-18-20-48(21-19-47)31-23-33-39(36(24-31)55-2)43(54)50(42(33)53)35-11-12-37(51)46-41(35)52/h5-10,23-24,26,29,35,45H,3-4,11-22H2,1-2H3,(H,46,51,52). The van der Waals surface area contributed by atoms with E-state index in [9.17, 15) is 24.4 Å². The molecule has 0 radical (unpaired) electrons. The number of anilines is 2. The van der Waals surface area contributed by atoms with Crippen LogP contribution in [0.3, 0.4) is 0 Å². The first-order valence-electron chi connectivity index (χ1n) is 19.6. The van der Waals surface area contributed by atoms with E-state index in [1.165, 1.54) is 18.4 Å². The predicted molar refractivity (Wildman–Crippen MR) is 211 cm³/mol. The minimum Gasteiger partial charge on any atom is -0.496 e. The second kappa shape index (κ2) is 15.7. The van der Waals surface area contributed by atoms with Crippen LogP contribution in [0.25, 0.3) is 10.9 Å². The van der Waals surface area contributed by atoms with Crippen molar-refractivity contribution < 1.29 is 28.7 Å². The van der Waals surface area contributed by atoms with Crippen LogP contribution < -0.4 is 24.6 Å². The van der Waals surface area contributed by atoms with E-state index in [-0.39, 0.29) is 24.0 Å². The Morgan fingerprint density at radius 3 is 2.36 bits per heavy atom. The van der Waals surface area contributed by atoms with Gasteiger partial charge in [0.15, 0.2) is 0 Å². The number of ether oxygens (including phenoxy) is 2. The molecule has 4 amide bonds. The maximum Gasteiger partial charge on any atom is 0.266 e. The molecule has 3 aromatic carbocycles. The minimum atomic E-state index is -1.02. The van der Waals surface area contributed by atoms with Crippen molar-refractivity contribution in [2.45, 2.75) is 57.4 Å². The Morgan fingerprint density at radius 2 is 1.64 bits per heavy atom. The molecule has 3 saturated heterocycles. The number of nitrogens with one attached hydrogen (secondary N) is 2. The van der Waals surface area contributed by atoms with Gasteiger partial charge in [-0.05, 0) is 86.9 Å². The summed E-state index contributed by atoms with van der Waals surface area (Å²) in [7, 11) is 1.47.